The Morgan fingerprint density at radius 2 is 1.88 bits per heavy atom. The van der Waals surface area contributed by atoms with Gasteiger partial charge in [0.2, 0.25) is 5.91 Å². The summed E-state index contributed by atoms with van der Waals surface area (Å²) in [4.78, 5) is 17.7. The van der Waals surface area contributed by atoms with Gasteiger partial charge in [0.05, 0.1) is 12.9 Å². The molecule has 0 spiro atoms. The number of methoxy groups -OCH3 is 1. The number of nitrogens with zero attached hydrogens (tertiary/aromatic N) is 2. The van der Waals surface area contributed by atoms with Crippen LogP contribution in [0.4, 0.5) is 5.69 Å². The van der Waals surface area contributed by atoms with Gasteiger partial charge in [-0.15, -0.1) is 11.8 Å². The highest BCUT2D eigenvalue weighted by Crippen LogP contribution is 2.24. The van der Waals surface area contributed by atoms with E-state index in [2.05, 4.69) is 11.0 Å². The molecule has 1 aliphatic rings. The smallest absolute Gasteiger partial charge is 0.233 e. The second-order valence-corrected chi connectivity index (χ2v) is 7.30. The molecule has 0 radical (unpaired) electrons. The zero-order valence-electron chi connectivity index (χ0n) is 14.2. The summed E-state index contributed by atoms with van der Waals surface area (Å²) in [5.41, 5.74) is 1.12. The SMILES string of the molecule is COc1cccc(SCC(=O)N2CCN(c3cccc(Cl)c3)CC2)c1. The first-order valence-electron chi connectivity index (χ1n) is 8.21. The van der Waals surface area contributed by atoms with Gasteiger partial charge in [-0.25, -0.2) is 0 Å². The maximum atomic E-state index is 12.5. The van der Waals surface area contributed by atoms with Crippen molar-refractivity contribution in [3.05, 3.63) is 53.6 Å². The van der Waals surface area contributed by atoms with E-state index in [4.69, 9.17) is 16.3 Å². The highest BCUT2D eigenvalue weighted by Gasteiger charge is 2.21. The number of benzene rings is 2. The highest BCUT2D eigenvalue weighted by molar-refractivity contribution is 8.00. The van der Waals surface area contributed by atoms with E-state index in [1.165, 1.54) is 0 Å². The van der Waals surface area contributed by atoms with Crippen molar-refractivity contribution in [2.45, 2.75) is 4.90 Å². The zero-order chi connectivity index (χ0) is 17.6. The summed E-state index contributed by atoms with van der Waals surface area (Å²) in [6.07, 6.45) is 0. The number of hydrogen-bond donors (Lipinski definition) is 0. The standard InChI is InChI=1S/C19H21ClN2O2S/c1-24-17-6-3-7-18(13-17)25-14-19(23)22-10-8-21(9-11-22)16-5-2-4-15(20)12-16/h2-7,12-13H,8-11,14H2,1H3. The molecule has 2 aromatic rings. The first-order chi connectivity index (χ1) is 12.2. The van der Waals surface area contributed by atoms with Crippen molar-refractivity contribution in [2.24, 2.45) is 0 Å². The zero-order valence-corrected chi connectivity index (χ0v) is 15.7. The van der Waals surface area contributed by atoms with E-state index >= 15 is 0 Å². The van der Waals surface area contributed by atoms with Gasteiger partial charge in [0.1, 0.15) is 5.75 Å². The molecular formula is C19H21ClN2O2S. The predicted molar refractivity (Wildman–Crippen MR) is 104 cm³/mol. The molecule has 0 unspecified atom stereocenters. The summed E-state index contributed by atoms with van der Waals surface area (Å²) in [7, 11) is 1.65. The van der Waals surface area contributed by atoms with E-state index in [0.717, 1.165) is 47.5 Å². The van der Waals surface area contributed by atoms with Gasteiger partial charge in [0, 0.05) is 41.8 Å². The van der Waals surface area contributed by atoms with Crippen molar-refractivity contribution in [1.82, 2.24) is 4.90 Å². The number of thioether (sulfide) groups is 1. The number of ether oxygens (including phenoxy) is 1. The van der Waals surface area contributed by atoms with Gasteiger partial charge in [0.25, 0.3) is 0 Å². The fourth-order valence-corrected chi connectivity index (χ4v) is 3.85. The van der Waals surface area contributed by atoms with Gasteiger partial charge < -0.3 is 14.5 Å². The minimum Gasteiger partial charge on any atom is -0.497 e. The molecule has 0 aromatic heterocycles. The van der Waals surface area contributed by atoms with Crippen molar-refractivity contribution in [1.29, 1.82) is 0 Å². The van der Waals surface area contributed by atoms with Crippen LogP contribution in [-0.4, -0.2) is 49.8 Å². The van der Waals surface area contributed by atoms with Crippen molar-refractivity contribution < 1.29 is 9.53 Å². The van der Waals surface area contributed by atoms with Gasteiger partial charge >= 0.3 is 0 Å². The Labute approximate surface area is 157 Å². The van der Waals surface area contributed by atoms with Crippen molar-refractivity contribution in [2.75, 3.05) is 43.9 Å². The van der Waals surface area contributed by atoms with Crippen LogP contribution in [0.25, 0.3) is 0 Å². The highest BCUT2D eigenvalue weighted by atomic mass is 35.5. The molecule has 1 heterocycles. The summed E-state index contributed by atoms with van der Waals surface area (Å²) in [5, 5.41) is 0.741. The first kappa shape index (κ1) is 18.0. The second kappa shape index (κ2) is 8.50. The second-order valence-electron chi connectivity index (χ2n) is 5.82. The van der Waals surface area contributed by atoms with E-state index < -0.39 is 0 Å². The number of piperazine rings is 1. The summed E-state index contributed by atoms with van der Waals surface area (Å²) in [5.74, 6) is 1.44. The lowest BCUT2D eigenvalue weighted by Crippen LogP contribution is -2.49. The monoisotopic (exact) mass is 376 g/mol. The molecule has 0 aliphatic carbocycles. The third-order valence-electron chi connectivity index (χ3n) is 4.21. The van der Waals surface area contributed by atoms with Crippen LogP contribution in [0, 0.1) is 0 Å². The summed E-state index contributed by atoms with van der Waals surface area (Å²) < 4.78 is 5.22. The Bertz CT molecular complexity index is 733. The lowest BCUT2D eigenvalue weighted by molar-refractivity contribution is -0.128. The van der Waals surface area contributed by atoms with Crippen LogP contribution in [-0.2, 0) is 4.79 Å². The molecule has 3 rings (SSSR count). The number of amides is 1. The number of anilines is 1. The van der Waals surface area contributed by atoms with Crippen LogP contribution in [0.1, 0.15) is 0 Å². The molecule has 1 saturated heterocycles. The molecule has 0 bridgehead atoms. The lowest BCUT2D eigenvalue weighted by atomic mass is 10.2. The van der Waals surface area contributed by atoms with Gasteiger partial charge in [-0.2, -0.15) is 0 Å². The molecule has 0 atom stereocenters. The molecule has 25 heavy (non-hydrogen) atoms. The molecule has 0 saturated carbocycles. The van der Waals surface area contributed by atoms with E-state index in [1.54, 1.807) is 18.9 Å². The molecule has 1 fully saturated rings. The van der Waals surface area contributed by atoms with Crippen molar-refractivity contribution >= 4 is 35.0 Å². The fourth-order valence-electron chi connectivity index (χ4n) is 2.81. The summed E-state index contributed by atoms with van der Waals surface area (Å²) in [6.45, 7) is 3.14. The lowest BCUT2D eigenvalue weighted by Gasteiger charge is -2.36. The quantitative estimate of drug-likeness (QED) is 0.743. The van der Waals surface area contributed by atoms with Gasteiger partial charge in [-0.3, -0.25) is 4.79 Å². The van der Waals surface area contributed by atoms with Gasteiger partial charge in [-0.05, 0) is 36.4 Å². The van der Waals surface area contributed by atoms with Crippen LogP contribution in [0.2, 0.25) is 5.02 Å². The molecule has 0 N–H and O–H groups in total. The average molecular weight is 377 g/mol. The number of hydrogen-bond acceptors (Lipinski definition) is 4. The number of halogens is 1. The third-order valence-corrected chi connectivity index (χ3v) is 5.42. The molecule has 4 nitrogen and oxygen atoms in total. The number of carbonyl (C=O) groups excluding carboxylic acids is 1. The predicted octanol–water partition coefficient (Wildman–Crippen LogP) is 3.79. The Morgan fingerprint density at radius 3 is 2.60 bits per heavy atom. The van der Waals surface area contributed by atoms with Gasteiger partial charge in [-0.1, -0.05) is 23.7 Å². The van der Waals surface area contributed by atoms with Crippen LogP contribution < -0.4 is 9.64 Å². The largest absolute Gasteiger partial charge is 0.497 e. The topological polar surface area (TPSA) is 32.8 Å². The van der Waals surface area contributed by atoms with Crippen LogP contribution in [0.3, 0.4) is 0 Å². The maximum Gasteiger partial charge on any atom is 0.233 e. The Balaban J connectivity index is 1.49. The number of carbonyl (C=O) groups is 1. The summed E-state index contributed by atoms with van der Waals surface area (Å²) in [6, 6.07) is 15.7. The molecular weight excluding hydrogens is 356 g/mol. The van der Waals surface area contributed by atoms with E-state index in [0.29, 0.717) is 5.75 Å². The van der Waals surface area contributed by atoms with Crippen LogP contribution in [0.15, 0.2) is 53.4 Å². The van der Waals surface area contributed by atoms with Gasteiger partial charge in [0.15, 0.2) is 0 Å². The van der Waals surface area contributed by atoms with E-state index in [9.17, 15) is 4.79 Å². The Hall–Kier alpha value is -1.85. The minimum atomic E-state index is 0.179. The van der Waals surface area contributed by atoms with E-state index in [1.807, 2.05) is 47.4 Å². The maximum absolute atomic E-state index is 12.5. The molecule has 1 aliphatic heterocycles. The minimum absolute atomic E-state index is 0.179. The van der Waals surface area contributed by atoms with Crippen LogP contribution in [0.5, 0.6) is 5.75 Å². The first-order valence-corrected chi connectivity index (χ1v) is 9.57. The Morgan fingerprint density at radius 1 is 1.12 bits per heavy atom. The molecule has 6 heteroatoms. The molecule has 132 valence electrons. The molecule has 2 aromatic carbocycles. The molecule has 1 amide bonds. The summed E-state index contributed by atoms with van der Waals surface area (Å²) >= 11 is 7.61. The number of rotatable bonds is 5. The fraction of sp³-hybridized carbons (Fsp3) is 0.316. The van der Waals surface area contributed by atoms with Crippen LogP contribution >= 0.6 is 23.4 Å². The van der Waals surface area contributed by atoms with E-state index in [-0.39, 0.29) is 5.91 Å². The van der Waals surface area contributed by atoms with Crippen molar-refractivity contribution in [3.8, 4) is 5.75 Å². The van der Waals surface area contributed by atoms with Crippen molar-refractivity contribution in [3.63, 3.8) is 0 Å². The Kier molecular flexibility index (Phi) is 6.10. The average Bonchev–Trinajstić information content (AvgIpc) is 2.66. The third kappa shape index (κ3) is 4.83. The normalized spacial score (nSPS) is 14.5.